The van der Waals surface area contributed by atoms with E-state index in [9.17, 15) is 4.79 Å². The van der Waals surface area contributed by atoms with Gasteiger partial charge in [-0.2, -0.15) is 0 Å². The van der Waals surface area contributed by atoms with E-state index in [0.29, 0.717) is 24.5 Å². The molecule has 4 nitrogen and oxygen atoms in total. The highest BCUT2D eigenvalue weighted by Gasteiger charge is 2.09. The van der Waals surface area contributed by atoms with Gasteiger partial charge in [-0.3, -0.25) is 4.79 Å². The van der Waals surface area contributed by atoms with Crippen molar-refractivity contribution in [3.05, 3.63) is 89.5 Å². The van der Waals surface area contributed by atoms with E-state index in [1.807, 2.05) is 74.5 Å². The number of para-hydroxylation sites is 1. The van der Waals surface area contributed by atoms with Gasteiger partial charge < -0.3 is 14.8 Å². The highest BCUT2D eigenvalue weighted by molar-refractivity contribution is 6.04. The lowest BCUT2D eigenvalue weighted by Gasteiger charge is -2.11. The molecule has 0 aliphatic carbocycles. The fourth-order valence-electron chi connectivity index (χ4n) is 2.71. The van der Waals surface area contributed by atoms with Crippen molar-refractivity contribution in [1.29, 1.82) is 0 Å². The summed E-state index contributed by atoms with van der Waals surface area (Å²) in [5.41, 5.74) is 3.57. The van der Waals surface area contributed by atoms with E-state index in [2.05, 4.69) is 5.32 Å². The van der Waals surface area contributed by atoms with Crippen molar-refractivity contribution in [1.82, 2.24) is 0 Å². The van der Waals surface area contributed by atoms with Crippen LogP contribution in [0.25, 0.3) is 0 Å². The van der Waals surface area contributed by atoms with Crippen LogP contribution in [-0.2, 0) is 0 Å². The largest absolute Gasteiger partial charge is 0.490 e. The van der Waals surface area contributed by atoms with Crippen LogP contribution in [0.2, 0.25) is 0 Å². The molecule has 4 heteroatoms. The van der Waals surface area contributed by atoms with Gasteiger partial charge in [-0.05, 0) is 55.8 Å². The molecule has 0 saturated carbocycles. The number of anilines is 1. The Hall–Kier alpha value is -3.27. The Labute approximate surface area is 159 Å². The van der Waals surface area contributed by atoms with Gasteiger partial charge in [0.15, 0.2) is 0 Å². The molecule has 0 aromatic heterocycles. The number of nitrogens with one attached hydrogen (secondary N) is 1. The second-order valence-corrected chi connectivity index (χ2v) is 6.31. The number of aryl methyl sites for hydroxylation is 2. The fraction of sp³-hybridized carbons (Fsp3) is 0.174. The maximum atomic E-state index is 12.5. The minimum atomic E-state index is -0.159. The summed E-state index contributed by atoms with van der Waals surface area (Å²) in [6, 6.07) is 22.7. The van der Waals surface area contributed by atoms with Crippen LogP contribution in [0.5, 0.6) is 11.5 Å². The zero-order chi connectivity index (χ0) is 19.1. The van der Waals surface area contributed by atoms with Crippen LogP contribution in [0.3, 0.4) is 0 Å². The SMILES string of the molecule is Cc1ccc(NC(=O)c2cccc(OCCOc3ccccc3)c2)c(C)c1. The summed E-state index contributed by atoms with van der Waals surface area (Å²) in [6.45, 7) is 4.84. The molecular formula is C23H23NO3. The van der Waals surface area contributed by atoms with E-state index < -0.39 is 0 Å². The van der Waals surface area contributed by atoms with Gasteiger partial charge in [-0.15, -0.1) is 0 Å². The number of benzene rings is 3. The predicted octanol–water partition coefficient (Wildman–Crippen LogP) is 5.01. The standard InChI is InChI=1S/C23H23NO3/c1-17-11-12-22(18(2)15-17)24-23(25)19-7-6-10-21(16-19)27-14-13-26-20-8-4-3-5-9-20/h3-12,15-16H,13-14H2,1-2H3,(H,24,25). The van der Waals surface area contributed by atoms with E-state index in [-0.39, 0.29) is 5.91 Å². The van der Waals surface area contributed by atoms with Gasteiger partial charge >= 0.3 is 0 Å². The summed E-state index contributed by atoms with van der Waals surface area (Å²) < 4.78 is 11.3. The number of hydrogen-bond acceptors (Lipinski definition) is 3. The molecule has 1 N–H and O–H groups in total. The first kappa shape index (κ1) is 18.5. The molecule has 0 heterocycles. The highest BCUT2D eigenvalue weighted by Crippen LogP contribution is 2.19. The van der Waals surface area contributed by atoms with Crippen molar-refractivity contribution in [2.75, 3.05) is 18.5 Å². The summed E-state index contributed by atoms with van der Waals surface area (Å²) in [6.07, 6.45) is 0. The van der Waals surface area contributed by atoms with Gasteiger partial charge in [0, 0.05) is 11.3 Å². The van der Waals surface area contributed by atoms with Crippen molar-refractivity contribution < 1.29 is 14.3 Å². The molecule has 0 spiro atoms. The van der Waals surface area contributed by atoms with E-state index in [1.165, 1.54) is 5.56 Å². The molecular weight excluding hydrogens is 338 g/mol. The summed E-state index contributed by atoms with van der Waals surface area (Å²) in [5.74, 6) is 1.29. The van der Waals surface area contributed by atoms with Crippen molar-refractivity contribution in [3.8, 4) is 11.5 Å². The fourth-order valence-corrected chi connectivity index (χ4v) is 2.71. The summed E-state index contributed by atoms with van der Waals surface area (Å²) in [4.78, 5) is 12.5. The molecule has 0 fully saturated rings. The maximum absolute atomic E-state index is 12.5. The van der Waals surface area contributed by atoms with E-state index >= 15 is 0 Å². The minimum Gasteiger partial charge on any atom is -0.490 e. The van der Waals surface area contributed by atoms with Gasteiger partial charge in [0.2, 0.25) is 0 Å². The van der Waals surface area contributed by atoms with E-state index in [0.717, 1.165) is 17.0 Å². The minimum absolute atomic E-state index is 0.159. The first-order chi connectivity index (χ1) is 13.1. The summed E-state index contributed by atoms with van der Waals surface area (Å²) >= 11 is 0. The molecule has 0 radical (unpaired) electrons. The molecule has 138 valence electrons. The Morgan fingerprint density at radius 1 is 0.815 bits per heavy atom. The maximum Gasteiger partial charge on any atom is 0.255 e. The number of amides is 1. The van der Waals surface area contributed by atoms with Gasteiger partial charge in [0.1, 0.15) is 24.7 Å². The van der Waals surface area contributed by atoms with E-state index in [1.54, 1.807) is 12.1 Å². The van der Waals surface area contributed by atoms with Crippen LogP contribution in [-0.4, -0.2) is 19.1 Å². The van der Waals surface area contributed by atoms with Crippen molar-refractivity contribution in [3.63, 3.8) is 0 Å². The molecule has 3 aromatic rings. The van der Waals surface area contributed by atoms with Gasteiger partial charge in [0.05, 0.1) is 0 Å². The zero-order valence-corrected chi connectivity index (χ0v) is 15.6. The van der Waals surface area contributed by atoms with Crippen molar-refractivity contribution in [2.24, 2.45) is 0 Å². The number of carbonyl (C=O) groups excluding carboxylic acids is 1. The Morgan fingerprint density at radius 3 is 2.26 bits per heavy atom. The normalized spacial score (nSPS) is 10.3. The topological polar surface area (TPSA) is 47.6 Å². The average molecular weight is 361 g/mol. The molecule has 0 unspecified atom stereocenters. The molecule has 0 atom stereocenters. The monoisotopic (exact) mass is 361 g/mol. The van der Waals surface area contributed by atoms with Gasteiger partial charge in [-0.25, -0.2) is 0 Å². The first-order valence-corrected chi connectivity index (χ1v) is 8.91. The Bertz CT molecular complexity index is 907. The Morgan fingerprint density at radius 2 is 1.52 bits per heavy atom. The smallest absolute Gasteiger partial charge is 0.255 e. The van der Waals surface area contributed by atoms with Gasteiger partial charge in [0.25, 0.3) is 5.91 Å². The number of carbonyl (C=O) groups is 1. The van der Waals surface area contributed by atoms with Crippen molar-refractivity contribution in [2.45, 2.75) is 13.8 Å². The quantitative estimate of drug-likeness (QED) is 0.602. The van der Waals surface area contributed by atoms with Crippen LogP contribution >= 0.6 is 0 Å². The third kappa shape index (κ3) is 5.35. The second-order valence-electron chi connectivity index (χ2n) is 6.31. The third-order valence-corrected chi connectivity index (χ3v) is 4.09. The second kappa shape index (κ2) is 8.90. The molecule has 0 aliphatic rings. The highest BCUT2D eigenvalue weighted by atomic mass is 16.5. The molecule has 1 amide bonds. The molecule has 27 heavy (non-hydrogen) atoms. The summed E-state index contributed by atoms with van der Waals surface area (Å²) in [5, 5.41) is 2.95. The Balaban J connectivity index is 1.55. The lowest BCUT2D eigenvalue weighted by molar-refractivity contribution is 0.102. The number of rotatable bonds is 7. The lowest BCUT2D eigenvalue weighted by atomic mass is 10.1. The van der Waals surface area contributed by atoms with Crippen LogP contribution in [0.1, 0.15) is 21.5 Å². The third-order valence-electron chi connectivity index (χ3n) is 4.09. The molecule has 3 rings (SSSR count). The lowest BCUT2D eigenvalue weighted by Crippen LogP contribution is -2.13. The molecule has 0 saturated heterocycles. The van der Waals surface area contributed by atoms with Crippen LogP contribution in [0.15, 0.2) is 72.8 Å². The zero-order valence-electron chi connectivity index (χ0n) is 15.6. The molecule has 3 aromatic carbocycles. The number of ether oxygens (including phenoxy) is 2. The Kier molecular flexibility index (Phi) is 6.10. The van der Waals surface area contributed by atoms with E-state index in [4.69, 9.17) is 9.47 Å². The molecule has 0 aliphatic heterocycles. The van der Waals surface area contributed by atoms with Crippen LogP contribution in [0.4, 0.5) is 5.69 Å². The average Bonchev–Trinajstić information content (AvgIpc) is 2.68. The summed E-state index contributed by atoms with van der Waals surface area (Å²) in [7, 11) is 0. The number of hydrogen-bond donors (Lipinski definition) is 1. The van der Waals surface area contributed by atoms with Gasteiger partial charge in [-0.1, -0.05) is 42.0 Å². The van der Waals surface area contributed by atoms with Crippen LogP contribution in [0, 0.1) is 13.8 Å². The van der Waals surface area contributed by atoms with Crippen LogP contribution < -0.4 is 14.8 Å². The van der Waals surface area contributed by atoms with Crippen molar-refractivity contribution >= 4 is 11.6 Å². The first-order valence-electron chi connectivity index (χ1n) is 8.91. The molecule has 0 bridgehead atoms. The predicted molar refractivity (Wildman–Crippen MR) is 108 cm³/mol.